The lowest BCUT2D eigenvalue weighted by Crippen LogP contribution is -2.41. The molecule has 1 saturated carbocycles. The lowest BCUT2D eigenvalue weighted by Gasteiger charge is -2.38. The molecule has 0 bridgehead atoms. The molecule has 2 rings (SSSR count). The summed E-state index contributed by atoms with van der Waals surface area (Å²) in [7, 11) is 4.20. The lowest BCUT2D eigenvalue weighted by atomic mass is 9.71. The largest absolute Gasteiger partial charge is 0.302 e. The van der Waals surface area contributed by atoms with Crippen molar-refractivity contribution in [1.29, 1.82) is 0 Å². The summed E-state index contributed by atoms with van der Waals surface area (Å²) < 4.78 is 0. The molecule has 0 aromatic heterocycles. The van der Waals surface area contributed by atoms with Crippen LogP contribution in [0.1, 0.15) is 32.6 Å². The molecule has 1 heterocycles. The fourth-order valence-corrected chi connectivity index (χ4v) is 2.94. The number of nitrogens with zero attached hydrogens (tertiary/aromatic N) is 2. The van der Waals surface area contributed by atoms with Crippen LogP contribution in [-0.2, 0) is 0 Å². The maximum absolute atomic E-state index is 4.36. The van der Waals surface area contributed by atoms with Gasteiger partial charge in [-0.1, -0.05) is 6.92 Å². The van der Waals surface area contributed by atoms with Crippen LogP contribution >= 0.6 is 0 Å². The Morgan fingerprint density at radius 2 is 2.23 bits per heavy atom. The van der Waals surface area contributed by atoms with Crippen molar-refractivity contribution in [2.45, 2.75) is 38.6 Å². The fraction of sp³-hybridized carbons (Fsp3) is 0.909. The fourth-order valence-electron chi connectivity index (χ4n) is 2.94. The summed E-state index contributed by atoms with van der Waals surface area (Å²) in [5.74, 6) is 0. The number of likely N-dealkylation sites (tertiary alicyclic amines) is 1. The van der Waals surface area contributed by atoms with E-state index in [-0.39, 0.29) is 0 Å². The van der Waals surface area contributed by atoms with Gasteiger partial charge in [0.05, 0.1) is 0 Å². The zero-order valence-corrected chi connectivity index (χ0v) is 9.01. The van der Waals surface area contributed by atoms with E-state index in [9.17, 15) is 0 Å². The van der Waals surface area contributed by atoms with E-state index >= 15 is 0 Å². The second-order valence-corrected chi connectivity index (χ2v) is 4.89. The van der Waals surface area contributed by atoms with Gasteiger partial charge in [0.25, 0.3) is 0 Å². The molecule has 2 atom stereocenters. The molecule has 0 unspecified atom stereocenters. The molecule has 1 aliphatic carbocycles. The quantitative estimate of drug-likeness (QED) is 0.556. The number of hydrogen-bond acceptors (Lipinski definition) is 2. The molecule has 1 aliphatic heterocycles. The molecule has 2 nitrogen and oxygen atoms in total. The molecule has 0 radical (unpaired) electrons. The van der Waals surface area contributed by atoms with E-state index in [1.807, 2.05) is 7.05 Å². The SMILES string of the molecule is CN=C1CC[C@@]2(C)CCN(C)[C@H]2C1. The average molecular weight is 180 g/mol. The monoisotopic (exact) mass is 180 g/mol. The van der Waals surface area contributed by atoms with Gasteiger partial charge in [-0.05, 0) is 38.3 Å². The van der Waals surface area contributed by atoms with Crippen molar-refractivity contribution >= 4 is 5.71 Å². The van der Waals surface area contributed by atoms with Gasteiger partial charge in [-0.2, -0.15) is 0 Å². The highest BCUT2D eigenvalue weighted by Crippen LogP contribution is 2.44. The molecule has 2 heteroatoms. The Kier molecular flexibility index (Phi) is 2.18. The van der Waals surface area contributed by atoms with Gasteiger partial charge in [-0.15, -0.1) is 0 Å². The second-order valence-electron chi connectivity index (χ2n) is 4.89. The predicted octanol–water partition coefficient (Wildman–Crippen LogP) is 1.95. The van der Waals surface area contributed by atoms with Crippen LogP contribution in [0.5, 0.6) is 0 Å². The predicted molar refractivity (Wildman–Crippen MR) is 56.4 cm³/mol. The molecule has 2 aliphatic rings. The Hall–Kier alpha value is -0.370. The van der Waals surface area contributed by atoms with Crippen LogP contribution in [0.25, 0.3) is 0 Å². The van der Waals surface area contributed by atoms with Crippen LogP contribution in [-0.4, -0.2) is 37.3 Å². The molecule has 0 aromatic carbocycles. The van der Waals surface area contributed by atoms with Crippen LogP contribution in [0.15, 0.2) is 4.99 Å². The smallest absolute Gasteiger partial charge is 0.0276 e. The molecule has 2 fully saturated rings. The summed E-state index contributed by atoms with van der Waals surface area (Å²) in [5.41, 5.74) is 2.01. The molecular weight excluding hydrogens is 160 g/mol. The third-order valence-electron chi connectivity index (χ3n) is 4.10. The summed E-state index contributed by atoms with van der Waals surface area (Å²) >= 11 is 0. The Bertz CT molecular complexity index is 234. The van der Waals surface area contributed by atoms with E-state index in [2.05, 4.69) is 23.9 Å². The van der Waals surface area contributed by atoms with Crippen LogP contribution in [0.2, 0.25) is 0 Å². The average Bonchev–Trinajstić information content (AvgIpc) is 2.43. The number of hydrogen-bond donors (Lipinski definition) is 0. The third-order valence-corrected chi connectivity index (χ3v) is 4.10. The Balaban J connectivity index is 2.17. The van der Waals surface area contributed by atoms with Crippen molar-refractivity contribution in [1.82, 2.24) is 4.90 Å². The minimum Gasteiger partial charge on any atom is -0.302 e. The maximum atomic E-state index is 4.36. The van der Waals surface area contributed by atoms with Gasteiger partial charge in [0, 0.05) is 25.2 Å². The van der Waals surface area contributed by atoms with E-state index in [1.54, 1.807) is 0 Å². The summed E-state index contributed by atoms with van der Waals surface area (Å²) in [5, 5.41) is 0. The molecule has 0 N–H and O–H groups in total. The molecule has 13 heavy (non-hydrogen) atoms. The van der Waals surface area contributed by atoms with Gasteiger partial charge in [0.15, 0.2) is 0 Å². The summed E-state index contributed by atoms with van der Waals surface area (Å²) in [6.07, 6.45) is 5.17. The van der Waals surface area contributed by atoms with E-state index in [0.29, 0.717) is 5.41 Å². The van der Waals surface area contributed by atoms with Crippen molar-refractivity contribution in [3.05, 3.63) is 0 Å². The molecule has 0 aromatic rings. The van der Waals surface area contributed by atoms with Crippen LogP contribution < -0.4 is 0 Å². The number of fused-ring (bicyclic) bond motifs is 1. The van der Waals surface area contributed by atoms with Crippen LogP contribution in [0.3, 0.4) is 0 Å². The molecule has 0 amide bonds. The number of aliphatic imine (C=N–C) groups is 1. The molecule has 74 valence electrons. The molecular formula is C11H20N2. The standard InChI is InChI=1S/C11H20N2/c1-11-5-4-9(12-2)8-10(11)13(3)7-6-11/h10H,4-8H2,1-3H3/t10-,11-/m0/s1. The van der Waals surface area contributed by atoms with Crippen LogP contribution in [0, 0.1) is 5.41 Å². The van der Waals surface area contributed by atoms with Crippen molar-refractivity contribution < 1.29 is 0 Å². The van der Waals surface area contributed by atoms with Crippen molar-refractivity contribution in [3.8, 4) is 0 Å². The lowest BCUT2D eigenvalue weighted by molar-refractivity contribution is 0.176. The first-order valence-corrected chi connectivity index (χ1v) is 5.30. The van der Waals surface area contributed by atoms with E-state index in [4.69, 9.17) is 0 Å². The van der Waals surface area contributed by atoms with E-state index in [0.717, 1.165) is 6.04 Å². The first-order chi connectivity index (χ1) is 6.15. The van der Waals surface area contributed by atoms with E-state index in [1.165, 1.54) is 37.9 Å². The van der Waals surface area contributed by atoms with Gasteiger partial charge in [-0.25, -0.2) is 0 Å². The summed E-state index contributed by atoms with van der Waals surface area (Å²) in [4.78, 5) is 6.88. The molecule has 0 spiro atoms. The van der Waals surface area contributed by atoms with Gasteiger partial charge in [0.1, 0.15) is 0 Å². The van der Waals surface area contributed by atoms with Gasteiger partial charge < -0.3 is 4.90 Å². The zero-order valence-electron chi connectivity index (χ0n) is 9.01. The topological polar surface area (TPSA) is 15.6 Å². The van der Waals surface area contributed by atoms with Crippen molar-refractivity contribution in [3.63, 3.8) is 0 Å². The zero-order chi connectivity index (χ0) is 9.47. The number of rotatable bonds is 0. The maximum Gasteiger partial charge on any atom is 0.0276 e. The van der Waals surface area contributed by atoms with Crippen molar-refractivity contribution in [2.24, 2.45) is 10.4 Å². The van der Waals surface area contributed by atoms with E-state index < -0.39 is 0 Å². The first kappa shape index (κ1) is 9.20. The summed E-state index contributed by atoms with van der Waals surface area (Å²) in [6.45, 7) is 3.73. The highest BCUT2D eigenvalue weighted by Gasteiger charge is 2.44. The summed E-state index contributed by atoms with van der Waals surface area (Å²) in [6, 6.07) is 0.764. The van der Waals surface area contributed by atoms with Gasteiger partial charge in [0.2, 0.25) is 0 Å². The Labute approximate surface area is 81.0 Å². The Morgan fingerprint density at radius 1 is 1.46 bits per heavy atom. The van der Waals surface area contributed by atoms with Gasteiger partial charge >= 0.3 is 0 Å². The minimum atomic E-state index is 0.586. The van der Waals surface area contributed by atoms with Crippen molar-refractivity contribution in [2.75, 3.05) is 20.6 Å². The minimum absolute atomic E-state index is 0.586. The second kappa shape index (κ2) is 3.09. The first-order valence-electron chi connectivity index (χ1n) is 5.30. The normalized spacial score (nSPS) is 43.9. The Morgan fingerprint density at radius 3 is 2.92 bits per heavy atom. The molecule has 1 saturated heterocycles. The van der Waals surface area contributed by atoms with Crippen LogP contribution in [0.4, 0.5) is 0 Å². The third kappa shape index (κ3) is 1.41. The highest BCUT2D eigenvalue weighted by atomic mass is 15.2. The highest BCUT2D eigenvalue weighted by molar-refractivity contribution is 5.86. The van der Waals surface area contributed by atoms with Gasteiger partial charge in [-0.3, -0.25) is 4.99 Å².